The molecule has 1 aromatic heterocycles. The third-order valence-corrected chi connectivity index (χ3v) is 4.98. The summed E-state index contributed by atoms with van der Waals surface area (Å²) in [5, 5.41) is 2.85. The van der Waals surface area contributed by atoms with Crippen LogP contribution in [0.5, 0.6) is 0 Å². The molecule has 3 aromatic rings. The second-order valence-electron chi connectivity index (χ2n) is 7.27. The van der Waals surface area contributed by atoms with Crippen molar-refractivity contribution in [1.82, 2.24) is 9.80 Å². The molecule has 7 heteroatoms. The van der Waals surface area contributed by atoms with Gasteiger partial charge in [-0.15, -0.1) is 0 Å². The molecule has 0 radical (unpaired) electrons. The Balaban J connectivity index is 1.52. The van der Waals surface area contributed by atoms with Gasteiger partial charge in [-0.25, -0.2) is 0 Å². The van der Waals surface area contributed by atoms with Gasteiger partial charge in [0.2, 0.25) is 5.91 Å². The summed E-state index contributed by atoms with van der Waals surface area (Å²) in [6, 6.07) is 18.6. The number of benzene rings is 2. The zero-order chi connectivity index (χ0) is 21.7. The Hall–Kier alpha value is -2.90. The highest BCUT2D eigenvalue weighted by molar-refractivity contribution is 9.10. The van der Waals surface area contributed by atoms with Gasteiger partial charge in [0.25, 0.3) is 5.91 Å². The maximum Gasteiger partial charge on any atom is 0.253 e. The van der Waals surface area contributed by atoms with Gasteiger partial charge in [-0.3, -0.25) is 14.5 Å². The molecule has 0 aliphatic carbocycles. The highest BCUT2D eigenvalue weighted by Crippen LogP contribution is 2.24. The van der Waals surface area contributed by atoms with Crippen molar-refractivity contribution in [1.29, 1.82) is 0 Å². The van der Waals surface area contributed by atoms with Crippen molar-refractivity contribution in [3.63, 3.8) is 0 Å². The minimum absolute atomic E-state index is 0.0754. The number of hydrogen-bond donors (Lipinski definition) is 1. The summed E-state index contributed by atoms with van der Waals surface area (Å²) in [6.07, 6.45) is 0. The van der Waals surface area contributed by atoms with Gasteiger partial charge >= 0.3 is 0 Å². The minimum atomic E-state index is -0.135. The van der Waals surface area contributed by atoms with Crippen LogP contribution >= 0.6 is 15.9 Å². The smallest absolute Gasteiger partial charge is 0.253 e. The third kappa shape index (κ3) is 5.81. The first-order valence-corrected chi connectivity index (χ1v) is 10.3. The minimum Gasteiger partial charge on any atom is -0.460 e. The van der Waals surface area contributed by atoms with Crippen LogP contribution in [-0.4, -0.2) is 49.3 Å². The summed E-state index contributed by atoms with van der Waals surface area (Å²) >= 11 is 3.43. The standard InChI is InChI=1S/C23H24BrN3O3/c1-26(2)23(29)17-6-10-19(11-7-17)25-22(28)15-27(3)14-20-12-13-21(30-20)16-4-8-18(24)9-5-16/h4-13H,14-15H2,1-3H3,(H,25,28). The monoisotopic (exact) mass is 469 g/mol. The molecule has 2 aromatic carbocycles. The highest BCUT2D eigenvalue weighted by Gasteiger charge is 2.12. The number of hydrogen-bond acceptors (Lipinski definition) is 4. The van der Waals surface area contributed by atoms with E-state index in [1.165, 1.54) is 4.90 Å². The van der Waals surface area contributed by atoms with E-state index in [0.29, 0.717) is 17.8 Å². The number of halogens is 1. The molecule has 0 atom stereocenters. The number of rotatable bonds is 7. The summed E-state index contributed by atoms with van der Waals surface area (Å²) in [4.78, 5) is 27.7. The molecule has 30 heavy (non-hydrogen) atoms. The number of anilines is 1. The van der Waals surface area contributed by atoms with Crippen LogP contribution in [0, 0.1) is 0 Å². The fraction of sp³-hybridized carbons (Fsp3) is 0.217. The molecule has 0 aliphatic rings. The van der Waals surface area contributed by atoms with Gasteiger partial charge in [-0.1, -0.05) is 28.1 Å². The Bertz CT molecular complexity index is 1010. The summed E-state index contributed by atoms with van der Waals surface area (Å²) in [5.41, 5.74) is 2.23. The lowest BCUT2D eigenvalue weighted by molar-refractivity contribution is -0.117. The van der Waals surface area contributed by atoms with Gasteiger partial charge in [-0.05, 0) is 55.6 Å². The van der Waals surface area contributed by atoms with E-state index in [0.717, 1.165) is 21.6 Å². The average Bonchev–Trinajstić information content (AvgIpc) is 3.16. The molecule has 0 saturated carbocycles. The first-order valence-electron chi connectivity index (χ1n) is 9.46. The number of likely N-dealkylation sites (N-methyl/N-ethyl adjacent to an activating group) is 1. The summed E-state index contributed by atoms with van der Waals surface area (Å²) in [7, 11) is 5.27. The molecule has 3 rings (SSSR count). The predicted molar refractivity (Wildman–Crippen MR) is 121 cm³/mol. The highest BCUT2D eigenvalue weighted by atomic mass is 79.9. The van der Waals surface area contributed by atoms with Crippen molar-refractivity contribution in [3.05, 3.63) is 76.5 Å². The number of furan rings is 1. The van der Waals surface area contributed by atoms with Crippen LogP contribution < -0.4 is 5.32 Å². The molecular formula is C23H24BrN3O3. The molecule has 0 aliphatic heterocycles. The lowest BCUT2D eigenvalue weighted by atomic mass is 10.2. The first kappa shape index (κ1) is 21.8. The lowest BCUT2D eigenvalue weighted by Gasteiger charge is -2.15. The third-order valence-electron chi connectivity index (χ3n) is 4.45. The van der Waals surface area contributed by atoms with Gasteiger partial charge in [0.15, 0.2) is 0 Å². The summed E-state index contributed by atoms with van der Waals surface area (Å²) in [6.45, 7) is 0.729. The van der Waals surface area contributed by atoms with E-state index in [1.54, 1.807) is 38.4 Å². The van der Waals surface area contributed by atoms with Crippen LogP contribution in [0.15, 0.2) is 69.6 Å². The van der Waals surface area contributed by atoms with Crippen LogP contribution in [0.1, 0.15) is 16.1 Å². The largest absolute Gasteiger partial charge is 0.460 e. The van der Waals surface area contributed by atoms with E-state index in [4.69, 9.17) is 4.42 Å². The van der Waals surface area contributed by atoms with Gasteiger partial charge in [0.1, 0.15) is 11.5 Å². The Morgan fingerprint density at radius 2 is 1.60 bits per heavy atom. The maximum absolute atomic E-state index is 12.3. The van der Waals surface area contributed by atoms with E-state index in [2.05, 4.69) is 21.2 Å². The number of carbonyl (C=O) groups is 2. The molecule has 0 bridgehead atoms. The molecule has 0 unspecified atom stereocenters. The maximum atomic E-state index is 12.3. The zero-order valence-electron chi connectivity index (χ0n) is 17.2. The van der Waals surface area contributed by atoms with E-state index in [-0.39, 0.29) is 18.4 Å². The average molecular weight is 470 g/mol. The van der Waals surface area contributed by atoms with Crippen molar-refractivity contribution in [3.8, 4) is 11.3 Å². The fourth-order valence-electron chi connectivity index (χ4n) is 2.95. The van der Waals surface area contributed by atoms with Crippen molar-refractivity contribution in [2.75, 3.05) is 33.0 Å². The number of nitrogens with one attached hydrogen (secondary N) is 1. The van der Waals surface area contributed by atoms with Gasteiger partial charge in [0, 0.05) is 35.4 Å². The predicted octanol–water partition coefficient (Wildman–Crippen LogP) is 4.48. The number of carbonyl (C=O) groups excluding carboxylic acids is 2. The summed E-state index contributed by atoms with van der Waals surface area (Å²) in [5.74, 6) is 1.37. The topological polar surface area (TPSA) is 65.8 Å². The second kappa shape index (κ2) is 9.73. The second-order valence-corrected chi connectivity index (χ2v) is 8.19. The van der Waals surface area contributed by atoms with E-state index in [1.807, 2.05) is 48.3 Å². The van der Waals surface area contributed by atoms with Gasteiger partial charge in [-0.2, -0.15) is 0 Å². The van der Waals surface area contributed by atoms with Crippen molar-refractivity contribution < 1.29 is 14.0 Å². The first-order chi connectivity index (χ1) is 14.3. The van der Waals surface area contributed by atoms with Gasteiger partial charge in [0.05, 0.1) is 13.1 Å². The van der Waals surface area contributed by atoms with Crippen LogP contribution in [0.2, 0.25) is 0 Å². The molecule has 0 saturated heterocycles. The van der Waals surface area contributed by atoms with E-state index >= 15 is 0 Å². The lowest BCUT2D eigenvalue weighted by Crippen LogP contribution is -2.29. The molecule has 1 N–H and O–H groups in total. The van der Waals surface area contributed by atoms with Crippen molar-refractivity contribution in [2.24, 2.45) is 0 Å². The Kier molecular flexibility index (Phi) is 7.07. The van der Waals surface area contributed by atoms with E-state index in [9.17, 15) is 9.59 Å². The summed E-state index contributed by atoms with van der Waals surface area (Å²) < 4.78 is 6.93. The Labute approximate surface area is 184 Å². The molecule has 1 heterocycles. The van der Waals surface area contributed by atoms with Gasteiger partial charge < -0.3 is 14.6 Å². The fourth-order valence-corrected chi connectivity index (χ4v) is 3.22. The normalized spacial score (nSPS) is 10.8. The Morgan fingerprint density at radius 1 is 0.933 bits per heavy atom. The number of nitrogens with zero attached hydrogens (tertiary/aromatic N) is 2. The van der Waals surface area contributed by atoms with E-state index < -0.39 is 0 Å². The molecule has 0 fully saturated rings. The Morgan fingerprint density at radius 3 is 2.23 bits per heavy atom. The van der Waals surface area contributed by atoms with Crippen molar-refractivity contribution >= 4 is 33.4 Å². The molecule has 0 spiro atoms. The van der Waals surface area contributed by atoms with Crippen LogP contribution in [0.3, 0.4) is 0 Å². The van der Waals surface area contributed by atoms with Crippen LogP contribution in [0.25, 0.3) is 11.3 Å². The molecule has 6 nitrogen and oxygen atoms in total. The zero-order valence-corrected chi connectivity index (χ0v) is 18.8. The SMILES string of the molecule is CN(CC(=O)Nc1ccc(C(=O)N(C)C)cc1)Cc1ccc(-c2ccc(Br)cc2)o1. The van der Waals surface area contributed by atoms with Crippen LogP contribution in [0.4, 0.5) is 5.69 Å². The molecular weight excluding hydrogens is 446 g/mol. The van der Waals surface area contributed by atoms with Crippen molar-refractivity contribution in [2.45, 2.75) is 6.54 Å². The quantitative estimate of drug-likeness (QED) is 0.553. The molecule has 2 amide bonds. The number of amides is 2. The van der Waals surface area contributed by atoms with Crippen LogP contribution in [-0.2, 0) is 11.3 Å². The molecule has 156 valence electrons.